The van der Waals surface area contributed by atoms with Gasteiger partial charge in [0.1, 0.15) is 6.10 Å². The molecule has 2 unspecified atom stereocenters. The van der Waals surface area contributed by atoms with E-state index in [1.54, 1.807) is 18.7 Å². The molecule has 96 valence electrons. The number of aromatic nitrogens is 2. The molecule has 1 aliphatic rings. The second-order valence-electron chi connectivity index (χ2n) is 3.77. The van der Waals surface area contributed by atoms with Crippen molar-refractivity contribution < 1.29 is 22.1 Å². The zero-order valence-corrected chi connectivity index (χ0v) is 10.2. The smallest absolute Gasteiger partial charge is 0.264 e. The largest absolute Gasteiger partial charge is 0.348 e. The van der Waals surface area contributed by atoms with Crippen molar-refractivity contribution in [3.05, 3.63) is 18.7 Å². The van der Waals surface area contributed by atoms with Gasteiger partial charge in [-0.1, -0.05) is 0 Å². The van der Waals surface area contributed by atoms with E-state index in [1.807, 2.05) is 4.57 Å². The Morgan fingerprint density at radius 3 is 3.06 bits per heavy atom. The van der Waals surface area contributed by atoms with Gasteiger partial charge in [-0.15, -0.1) is 0 Å². The maximum atomic E-state index is 10.8. The molecule has 2 rings (SSSR count). The number of hydrogen-bond acceptors (Lipinski definition) is 6. The van der Waals surface area contributed by atoms with Crippen LogP contribution in [0.2, 0.25) is 0 Å². The van der Waals surface area contributed by atoms with E-state index in [-0.39, 0.29) is 12.7 Å². The lowest BCUT2D eigenvalue weighted by Gasteiger charge is -2.11. The second-order valence-corrected chi connectivity index (χ2v) is 5.41. The molecule has 17 heavy (non-hydrogen) atoms. The Kier molecular flexibility index (Phi) is 3.77. The highest BCUT2D eigenvalue weighted by Crippen LogP contribution is 2.14. The lowest BCUT2D eigenvalue weighted by Crippen LogP contribution is -2.22. The third-order valence-electron chi connectivity index (χ3n) is 2.20. The summed E-state index contributed by atoms with van der Waals surface area (Å²) in [6, 6.07) is 0. The third kappa shape index (κ3) is 4.08. The number of hydrogen-bond donors (Lipinski definition) is 0. The molecular formula is C9H14N2O5S. The van der Waals surface area contributed by atoms with Gasteiger partial charge in [0, 0.05) is 12.4 Å². The zero-order valence-electron chi connectivity index (χ0n) is 9.35. The Labute approximate surface area is 99.4 Å². The van der Waals surface area contributed by atoms with Crippen molar-refractivity contribution >= 4 is 10.1 Å². The SMILES string of the molecule is CS(=O)(=O)OCC1COC(Cn2ccnc2)O1. The lowest BCUT2D eigenvalue weighted by atomic mass is 10.4. The first-order valence-corrected chi connectivity index (χ1v) is 6.92. The van der Waals surface area contributed by atoms with Gasteiger partial charge < -0.3 is 14.0 Å². The summed E-state index contributed by atoms with van der Waals surface area (Å²) in [5, 5.41) is 0. The average Bonchev–Trinajstić information content (AvgIpc) is 2.86. The predicted octanol–water partition coefficient (Wildman–Crippen LogP) is -0.399. The fraction of sp³-hybridized carbons (Fsp3) is 0.667. The van der Waals surface area contributed by atoms with Crippen LogP contribution in [0.3, 0.4) is 0 Å². The minimum atomic E-state index is -3.43. The molecule has 1 aromatic rings. The van der Waals surface area contributed by atoms with Gasteiger partial charge in [0.2, 0.25) is 0 Å². The van der Waals surface area contributed by atoms with Crippen molar-refractivity contribution in [2.45, 2.75) is 18.9 Å². The number of rotatable bonds is 5. The Morgan fingerprint density at radius 2 is 2.41 bits per heavy atom. The van der Waals surface area contributed by atoms with Crippen molar-refractivity contribution in [2.24, 2.45) is 0 Å². The van der Waals surface area contributed by atoms with Gasteiger partial charge in [-0.3, -0.25) is 4.18 Å². The molecule has 7 nitrogen and oxygen atoms in total. The molecule has 1 fully saturated rings. The maximum absolute atomic E-state index is 10.8. The van der Waals surface area contributed by atoms with E-state index in [4.69, 9.17) is 9.47 Å². The minimum absolute atomic E-state index is 0.0146. The molecule has 0 aromatic carbocycles. The molecule has 0 amide bonds. The monoisotopic (exact) mass is 262 g/mol. The van der Waals surface area contributed by atoms with E-state index in [0.717, 1.165) is 6.26 Å². The summed E-state index contributed by atoms with van der Waals surface area (Å²) in [5.74, 6) is 0. The van der Waals surface area contributed by atoms with Gasteiger partial charge in [-0.2, -0.15) is 8.42 Å². The molecular weight excluding hydrogens is 248 g/mol. The molecule has 0 spiro atoms. The van der Waals surface area contributed by atoms with E-state index >= 15 is 0 Å². The Hall–Kier alpha value is -0.960. The quantitative estimate of drug-likeness (QED) is 0.672. The first-order chi connectivity index (χ1) is 8.03. The summed E-state index contributed by atoms with van der Waals surface area (Å²) in [6.07, 6.45) is 5.39. The molecule has 1 aliphatic heterocycles. The highest BCUT2D eigenvalue weighted by molar-refractivity contribution is 7.85. The molecule has 8 heteroatoms. The predicted molar refractivity (Wildman–Crippen MR) is 57.6 cm³/mol. The first kappa shape index (κ1) is 12.5. The Bertz CT molecular complexity index is 444. The highest BCUT2D eigenvalue weighted by atomic mass is 32.2. The van der Waals surface area contributed by atoms with Crippen LogP contribution in [0.4, 0.5) is 0 Å². The van der Waals surface area contributed by atoms with Crippen molar-refractivity contribution in [3.8, 4) is 0 Å². The molecule has 2 heterocycles. The first-order valence-electron chi connectivity index (χ1n) is 5.10. The summed E-state index contributed by atoms with van der Waals surface area (Å²) in [5.41, 5.74) is 0. The fourth-order valence-corrected chi connectivity index (χ4v) is 1.86. The maximum Gasteiger partial charge on any atom is 0.264 e. The van der Waals surface area contributed by atoms with Gasteiger partial charge in [-0.25, -0.2) is 4.98 Å². The molecule has 0 radical (unpaired) electrons. The van der Waals surface area contributed by atoms with E-state index in [0.29, 0.717) is 13.2 Å². The third-order valence-corrected chi connectivity index (χ3v) is 2.76. The second kappa shape index (κ2) is 5.13. The van der Waals surface area contributed by atoms with Crippen LogP contribution in [0.1, 0.15) is 0 Å². The van der Waals surface area contributed by atoms with Crippen LogP contribution < -0.4 is 0 Å². The van der Waals surface area contributed by atoms with E-state index in [9.17, 15) is 8.42 Å². The average molecular weight is 262 g/mol. The molecule has 2 atom stereocenters. The summed E-state index contributed by atoms with van der Waals surface area (Å²) in [7, 11) is -3.43. The summed E-state index contributed by atoms with van der Waals surface area (Å²) in [4.78, 5) is 3.90. The van der Waals surface area contributed by atoms with Crippen LogP contribution in [-0.4, -0.2) is 49.8 Å². The fourth-order valence-electron chi connectivity index (χ4n) is 1.46. The van der Waals surface area contributed by atoms with Crippen molar-refractivity contribution in [2.75, 3.05) is 19.5 Å². The van der Waals surface area contributed by atoms with Crippen LogP contribution in [-0.2, 0) is 30.3 Å². The molecule has 0 bridgehead atoms. The van der Waals surface area contributed by atoms with Crippen LogP contribution >= 0.6 is 0 Å². The summed E-state index contributed by atoms with van der Waals surface area (Å²) in [6.45, 7) is 0.837. The normalized spacial score (nSPS) is 25.2. The van der Waals surface area contributed by atoms with Crippen LogP contribution in [0, 0.1) is 0 Å². The number of imidazole rings is 1. The van der Waals surface area contributed by atoms with E-state index in [1.165, 1.54) is 0 Å². The number of nitrogens with zero attached hydrogens (tertiary/aromatic N) is 2. The van der Waals surface area contributed by atoms with E-state index in [2.05, 4.69) is 9.17 Å². The van der Waals surface area contributed by atoms with Crippen LogP contribution in [0.5, 0.6) is 0 Å². The Morgan fingerprint density at radius 1 is 1.59 bits per heavy atom. The molecule has 1 aromatic heterocycles. The topological polar surface area (TPSA) is 79.7 Å². The number of ether oxygens (including phenoxy) is 2. The molecule has 1 saturated heterocycles. The van der Waals surface area contributed by atoms with Gasteiger partial charge in [0.25, 0.3) is 10.1 Å². The van der Waals surface area contributed by atoms with Gasteiger partial charge in [0.15, 0.2) is 6.29 Å². The van der Waals surface area contributed by atoms with Crippen molar-refractivity contribution in [3.63, 3.8) is 0 Å². The zero-order chi connectivity index (χ0) is 12.3. The van der Waals surface area contributed by atoms with Gasteiger partial charge in [-0.05, 0) is 0 Å². The summed E-state index contributed by atoms with van der Waals surface area (Å²) >= 11 is 0. The van der Waals surface area contributed by atoms with Crippen LogP contribution in [0.25, 0.3) is 0 Å². The van der Waals surface area contributed by atoms with Crippen LogP contribution in [0.15, 0.2) is 18.7 Å². The van der Waals surface area contributed by atoms with Crippen molar-refractivity contribution in [1.82, 2.24) is 9.55 Å². The van der Waals surface area contributed by atoms with E-state index < -0.39 is 16.4 Å². The highest BCUT2D eigenvalue weighted by Gasteiger charge is 2.27. The molecule has 0 aliphatic carbocycles. The van der Waals surface area contributed by atoms with Gasteiger partial charge in [0.05, 0.1) is 32.3 Å². The molecule has 0 saturated carbocycles. The standard InChI is InChI=1S/C9H14N2O5S/c1-17(12,13)15-6-8-5-14-9(16-8)4-11-3-2-10-7-11/h2-3,7-9H,4-6H2,1H3. The lowest BCUT2D eigenvalue weighted by molar-refractivity contribution is -0.0723. The van der Waals surface area contributed by atoms with Crippen molar-refractivity contribution in [1.29, 1.82) is 0 Å². The molecule has 0 N–H and O–H groups in total. The minimum Gasteiger partial charge on any atom is -0.348 e. The Balaban J connectivity index is 1.76. The van der Waals surface area contributed by atoms with Gasteiger partial charge >= 0.3 is 0 Å². The summed E-state index contributed by atoms with van der Waals surface area (Å²) < 4.78 is 38.9.